The van der Waals surface area contributed by atoms with Crippen LogP contribution in [0, 0.1) is 20.8 Å². The molecule has 134 valence electrons. The van der Waals surface area contributed by atoms with Gasteiger partial charge in [-0.1, -0.05) is 22.9 Å². The normalized spacial score (nSPS) is 12.9. The van der Waals surface area contributed by atoms with Crippen molar-refractivity contribution in [2.24, 2.45) is 0 Å². The number of anilines is 1. The summed E-state index contributed by atoms with van der Waals surface area (Å²) in [7, 11) is -3.76. The second-order valence-electron chi connectivity index (χ2n) is 6.51. The minimum Gasteiger partial charge on any atom is -0.488 e. The number of aryl methyl sites for hydroxylation is 3. The Morgan fingerprint density at radius 2 is 1.81 bits per heavy atom. The number of fused-ring (bicyclic) bond motifs is 3. The van der Waals surface area contributed by atoms with Crippen molar-refractivity contribution in [1.29, 1.82) is 0 Å². The molecule has 2 aromatic carbocycles. The van der Waals surface area contributed by atoms with E-state index >= 15 is 0 Å². The molecular formula is C19H18N2O4S. The van der Waals surface area contributed by atoms with Crippen LogP contribution in [0.25, 0.3) is 11.3 Å². The highest BCUT2D eigenvalue weighted by Crippen LogP contribution is 2.39. The van der Waals surface area contributed by atoms with Crippen LogP contribution in [0.5, 0.6) is 5.75 Å². The van der Waals surface area contributed by atoms with Crippen molar-refractivity contribution in [2.45, 2.75) is 32.3 Å². The lowest BCUT2D eigenvalue weighted by Crippen LogP contribution is -2.15. The van der Waals surface area contributed by atoms with Crippen LogP contribution >= 0.6 is 0 Å². The summed E-state index contributed by atoms with van der Waals surface area (Å²) < 4.78 is 39.5. The molecule has 0 atom stereocenters. The Morgan fingerprint density at radius 1 is 1.08 bits per heavy atom. The Hall–Kier alpha value is -2.80. The van der Waals surface area contributed by atoms with Gasteiger partial charge < -0.3 is 9.26 Å². The Balaban J connectivity index is 1.76. The number of nitrogens with zero attached hydrogens (tertiary/aromatic N) is 1. The zero-order chi connectivity index (χ0) is 18.5. The van der Waals surface area contributed by atoms with E-state index in [1.54, 1.807) is 18.3 Å². The maximum absolute atomic E-state index is 12.9. The zero-order valence-corrected chi connectivity index (χ0v) is 15.5. The van der Waals surface area contributed by atoms with Crippen LogP contribution in [0.4, 0.5) is 5.69 Å². The van der Waals surface area contributed by atoms with Crippen molar-refractivity contribution < 1.29 is 17.7 Å². The van der Waals surface area contributed by atoms with Gasteiger partial charge in [0.15, 0.2) is 5.76 Å². The summed E-state index contributed by atoms with van der Waals surface area (Å²) in [5.74, 6) is 1.13. The van der Waals surface area contributed by atoms with E-state index in [1.807, 2.05) is 32.9 Å². The second-order valence-corrected chi connectivity index (χ2v) is 8.19. The fourth-order valence-electron chi connectivity index (χ4n) is 3.25. The molecule has 3 aromatic rings. The third-order valence-corrected chi connectivity index (χ3v) is 5.79. The minimum atomic E-state index is -3.76. The van der Waals surface area contributed by atoms with E-state index in [9.17, 15) is 8.42 Å². The number of benzene rings is 2. The maximum Gasteiger partial charge on any atom is 0.261 e. The molecule has 0 bridgehead atoms. The molecule has 0 unspecified atom stereocenters. The molecule has 1 aliphatic rings. The molecule has 0 radical (unpaired) electrons. The van der Waals surface area contributed by atoms with E-state index in [-0.39, 0.29) is 4.90 Å². The van der Waals surface area contributed by atoms with Crippen LogP contribution in [-0.2, 0) is 16.6 Å². The van der Waals surface area contributed by atoms with Crippen molar-refractivity contribution in [2.75, 3.05) is 4.72 Å². The van der Waals surface area contributed by atoms with Gasteiger partial charge in [-0.05, 0) is 50.1 Å². The van der Waals surface area contributed by atoms with E-state index in [0.29, 0.717) is 29.4 Å². The summed E-state index contributed by atoms with van der Waals surface area (Å²) in [6, 6.07) is 8.63. The maximum atomic E-state index is 12.9. The smallest absolute Gasteiger partial charge is 0.261 e. The number of ether oxygens (including phenoxy) is 1. The molecule has 1 aromatic heterocycles. The van der Waals surface area contributed by atoms with E-state index in [0.717, 1.165) is 22.3 Å². The SMILES string of the molecule is Cc1cc(C)c(NS(=O)(=O)c2ccc3c(c2)-c2oncc2CO3)c(C)c1. The average Bonchev–Trinajstić information content (AvgIpc) is 3.07. The Labute approximate surface area is 151 Å². The third kappa shape index (κ3) is 2.74. The topological polar surface area (TPSA) is 81.4 Å². The summed E-state index contributed by atoms with van der Waals surface area (Å²) in [6.07, 6.45) is 1.58. The van der Waals surface area contributed by atoms with Gasteiger partial charge in [0.25, 0.3) is 10.0 Å². The predicted molar refractivity (Wildman–Crippen MR) is 97.7 cm³/mol. The summed E-state index contributed by atoms with van der Waals surface area (Å²) in [5, 5.41) is 3.77. The fourth-order valence-corrected chi connectivity index (χ4v) is 4.48. The molecule has 0 amide bonds. The van der Waals surface area contributed by atoms with Crippen LogP contribution < -0.4 is 9.46 Å². The second kappa shape index (κ2) is 5.88. The van der Waals surface area contributed by atoms with Crippen LogP contribution in [0.1, 0.15) is 22.3 Å². The third-order valence-electron chi connectivity index (χ3n) is 4.45. The van der Waals surface area contributed by atoms with Crippen molar-refractivity contribution in [1.82, 2.24) is 5.16 Å². The van der Waals surface area contributed by atoms with Gasteiger partial charge in [0.2, 0.25) is 0 Å². The number of hydrogen-bond donors (Lipinski definition) is 1. The number of aromatic nitrogens is 1. The van der Waals surface area contributed by atoms with Gasteiger partial charge in [-0.15, -0.1) is 0 Å². The first kappa shape index (κ1) is 16.7. The molecule has 0 fully saturated rings. The van der Waals surface area contributed by atoms with Crippen LogP contribution in [0.3, 0.4) is 0 Å². The summed E-state index contributed by atoms with van der Waals surface area (Å²) in [5.41, 5.74) is 4.83. The molecule has 4 rings (SSSR count). The van der Waals surface area contributed by atoms with Gasteiger partial charge in [-0.25, -0.2) is 8.42 Å². The molecule has 26 heavy (non-hydrogen) atoms. The molecule has 7 heteroatoms. The van der Waals surface area contributed by atoms with Gasteiger partial charge in [0.05, 0.1) is 27.9 Å². The Kier molecular flexibility index (Phi) is 3.77. The molecule has 6 nitrogen and oxygen atoms in total. The number of nitrogens with one attached hydrogen (secondary N) is 1. The highest BCUT2D eigenvalue weighted by molar-refractivity contribution is 7.92. The number of rotatable bonds is 3. The first-order valence-corrected chi connectivity index (χ1v) is 9.65. The lowest BCUT2D eigenvalue weighted by Gasteiger charge is -2.18. The largest absolute Gasteiger partial charge is 0.488 e. The van der Waals surface area contributed by atoms with E-state index in [4.69, 9.17) is 9.26 Å². The minimum absolute atomic E-state index is 0.142. The van der Waals surface area contributed by atoms with Gasteiger partial charge >= 0.3 is 0 Å². The molecule has 0 spiro atoms. The van der Waals surface area contributed by atoms with Crippen LogP contribution in [-0.4, -0.2) is 13.6 Å². The highest BCUT2D eigenvalue weighted by atomic mass is 32.2. The standard InChI is InChI=1S/C19H18N2O4S/c1-11-6-12(2)18(13(3)7-11)21-26(22,23)15-4-5-17-16(8-15)19-14(10-24-17)9-20-25-19/h4-9,21H,10H2,1-3H3. The highest BCUT2D eigenvalue weighted by Gasteiger charge is 2.25. The molecular weight excluding hydrogens is 352 g/mol. The number of sulfonamides is 1. The van der Waals surface area contributed by atoms with Crippen molar-refractivity contribution >= 4 is 15.7 Å². The van der Waals surface area contributed by atoms with E-state index in [1.165, 1.54) is 6.07 Å². The Morgan fingerprint density at radius 3 is 2.54 bits per heavy atom. The van der Waals surface area contributed by atoms with Gasteiger partial charge in [0.1, 0.15) is 12.4 Å². The fraction of sp³-hybridized carbons (Fsp3) is 0.211. The summed E-state index contributed by atoms with van der Waals surface area (Å²) in [4.78, 5) is 0.142. The molecule has 1 N–H and O–H groups in total. The Bertz CT molecular complexity index is 1090. The lowest BCUT2D eigenvalue weighted by molar-refractivity contribution is 0.297. The molecule has 1 aliphatic heterocycles. The lowest BCUT2D eigenvalue weighted by atomic mass is 10.1. The first-order chi connectivity index (χ1) is 12.3. The van der Waals surface area contributed by atoms with E-state index in [2.05, 4.69) is 9.88 Å². The van der Waals surface area contributed by atoms with Gasteiger partial charge in [0, 0.05) is 0 Å². The number of hydrogen-bond acceptors (Lipinski definition) is 5. The molecule has 0 saturated carbocycles. The quantitative estimate of drug-likeness (QED) is 0.755. The molecule has 0 saturated heterocycles. The zero-order valence-electron chi connectivity index (χ0n) is 14.7. The van der Waals surface area contributed by atoms with E-state index < -0.39 is 10.0 Å². The molecule has 0 aliphatic carbocycles. The average molecular weight is 370 g/mol. The molecule has 2 heterocycles. The van der Waals surface area contributed by atoms with Gasteiger partial charge in [-0.3, -0.25) is 4.72 Å². The van der Waals surface area contributed by atoms with Crippen LogP contribution in [0.2, 0.25) is 0 Å². The van der Waals surface area contributed by atoms with Crippen molar-refractivity contribution in [3.05, 3.63) is 58.8 Å². The first-order valence-electron chi connectivity index (χ1n) is 8.16. The van der Waals surface area contributed by atoms with Gasteiger partial charge in [-0.2, -0.15) is 0 Å². The summed E-state index contributed by atoms with van der Waals surface area (Å²) in [6.45, 7) is 6.12. The van der Waals surface area contributed by atoms with Crippen molar-refractivity contribution in [3.8, 4) is 17.1 Å². The summed E-state index contributed by atoms with van der Waals surface area (Å²) >= 11 is 0. The van der Waals surface area contributed by atoms with Crippen molar-refractivity contribution in [3.63, 3.8) is 0 Å². The van der Waals surface area contributed by atoms with Crippen LogP contribution in [0.15, 0.2) is 45.9 Å². The monoisotopic (exact) mass is 370 g/mol. The predicted octanol–water partition coefficient (Wildman–Crippen LogP) is 3.96.